The van der Waals surface area contributed by atoms with Crippen LogP contribution in [0.1, 0.15) is 49.5 Å². The number of carboxylic acids is 1. The van der Waals surface area contributed by atoms with E-state index in [0.717, 1.165) is 24.4 Å². The van der Waals surface area contributed by atoms with E-state index < -0.39 is 5.97 Å². The smallest absolute Gasteiger partial charge is 0.335 e. The van der Waals surface area contributed by atoms with Crippen molar-refractivity contribution >= 4 is 5.97 Å². The summed E-state index contributed by atoms with van der Waals surface area (Å²) in [5.74, 6) is -0.151. The minimum atomic E-state index is -0.871. The summed E-state index contributed by atoms with van der Waals surface area (Å²) in [6.45, 7) is 7.35. The zero-order valence-electron chi connectivity index (χ0n) is 11.4. The van der Waals surface area contributed by atoms with Crippen molar-refractivity contribution < 1.29 is 9.90 Å². The molecular weight excluding hydrogens is 226 g/mol. The van der Waals surface area contributed by atoms with E-state index in [1.165, 1.54) is 6.42 Å². The van der Waals surface area contributed by atoms with Crippen molar-refractivity contribution in [1.82, 2.24) is 5.32 Å². The highest BCUT2D eigenvalue weighted by molar-refractivity contribution is 5.87. The van der Waals surface area contributed by atoms with Gasteiger partial charge in [-0.2, -0.15) is 0 Å². The summed E-state index contributed by atoms with van der Waals surface area (Å²) >= 11 is 0. The molecule has 1 aromatic rings. The summed E-state index contributed by atoms with van der Waals surface area (Å²) in [5.41, 5.74) is 1.37. The number of hydrogen-bond donors (Lipinski definition) is 2. The van der Waals surface area contributed by atoms with Crippen LogP contribution < -0.4 is 5.32 Å². The molecule has 0 aliphatic carbocycles. The topological polar surface area (TPSA) is 49.3 Å². The van der Waals surface area contributed by atoms with Crippen molar-refractivity contribution in [2.24, 2.45) is 5.92 Å². The highest BCUT2D eigenvalue weighted by Gasteiger charge is 2.07. The molecule has 0 radical (unpaired) electrons. The number of carbonyl (C=O) groups is 1. The Labute approximate surface area is 109 Å². The summed E-state index contributed by atoms with van der Waals surface area (Å²) in [5, 5.41) is 12.4. The first-order valence-corrected chi connectivity index (χ1v) is 6.58. The van der Waals surface area contributed by atoms with E-state index in [4.69, 9.17) is 5.11 Å². The van der Waals surface area contributed by atoms with Gasteiger partial charge in [-0.1, -0.05) is 32.4 Å². The lowest BCUT2D eigenvalue weighted by atomic mass is 10.00. The molecule has 0 heterocycles. The molecule has 2 unspecified atom stereocenters. The van der Waals surface area contributed by atoms with Gasteiger partial charge in [0, 0.05) is 12.6 Å². The fourth-order valence-corrected chi connectivity index (χ4v) is 1.96. The Kier molecular flexibility index (Phi) is 5.86. The third kappa shape index (κ3) is 4.88. The number of nitrogens with one attached hydrogen (secondary N) is 1. The Morgan fingerprint density at radius 2 is 2.11 bits per heavy atom. The van der Waals surface area contributed by atoms with Crippen LogP contribution in [0.5, 0.6) is 0 Å². The maximum Gasteiger partial charge on any atom is 0.335 e. The largest absolute Gasteiger partial charge is 0.478 e. The first-order valence-electron chi connectivity index (χ1n) is 6.58. The number of hydrogen-bond acceptors (Lipinski definition) is 2. The van der Waals surface area contributed by atoms with Gasteiger partial charge < -0.3 is 10.4 Å². The van der Waals surface area contributed by atoms with E-state index in [1.54, 1.807) is 18.2 Å². The number of carboxylic acid groups (broad SMARTS) is 1. The van der Waals surface area contributed by atoms with E-state index in [2.05, 4.69) is 26.1 Å². The minimum Gasteiger partial charge on any atom is -0.478 e. The molecular formula is C15H23NO2. The second kappa shape index (κ2) is 7.17. The Balaban J connectivity index is 2.48. The summed E-state index contributed by atoms with van der Waals surface area (Å²) in [6, 6.07) is 7.54. The van der Waals surface area contributed by atoms with Crippen LogP contribution in [0.4, 0.5) is 0 Å². The Hall–Kier alpha value is -1.35. The molecule has 0 amide bonds. The predicted molar refractivity (Wildman–Crippen MR) is 73.8 cm³/mol. The Morgan fingerprint density at radius 1 is 1.39 bits per heavy atom. The van der Waals surface area contributed by atoms with Gasteiger partial charge in [-0.3, -0.25) is 0 Å². The average Bonchev–Trinajstić information content (AvgIpc) is 2.36. The van der Waals surface area contributed by atoms with Crippen LogP contribution in [0.25, 0.3) is 0 Å². The van der Waals surface area contributed by atoms with Crippen LogP contribution in [0.2, 0.25) is 0 Å². The van der Waals surface area contributed by atoms with Gasteiger partial charge in [-0.05, 0) is 37.0 Å². The van der Waals surface area contributed by atoms with Crippen LogP contribution >= 0.6 is 0 Å². The highest BCUT2D eigenvalue weighted by atomic mass is 16.4. The van der Waals surface area contributed by atoms with Crippen molar-refractivity contribution in [2.75, 3.05) is 0 Å². The van der Waals surface area contributed by atoms with Gasteiger partial charge in [0.2, 0.25) is 0 Å². The molecule has 2 atom stereocenters. The van der Waals surface area contributed by atoms with Gasteiger partial charge >= 0.3 is 5.97 Å². The maximum absolute atomic E-state index is 10.9. The second-order valence-corrected chi connectivity index (χ2v) is 5.04. The minimum absolute atomic E-state index is 0.351. The normalized spacial score (nSPS) is 14.2. The third-order valence-corrected chi connectivity index (χ3v) is 3.28. The van der Waals surface area contributed by atoms with Gasteiger partial charge in [0.15, 0.2) is 0 Å². The van der Waals surface area contributed by atoms with Crippen LogP contribution in [-0.2, 0) is 6.54 Å². The summed E-state index contributed by atoms with van der Waals surface area (Å²) < 4.78 is 0. The van der Waals surface area contributed by atoms with Gasteiger partial charge in [-0.15, -0.1) is 0 Å². The zero-order valence-corrected chi connectivity index (χ0v) is 11.4. The summed E-state index contributed by atoms with van der Waals surface area (Å²) in [4.78, 5) is 10.9. The Bertz CT molecular complexity index is 390. The molecule has 0 aliphatic heterocycles. The number of rotatable bonds is 7. The lowest BCUT2D eigenvalue weighted by Crippen LogP contribution is -2.27. The average molecular weight is 249 g/mol. The third-order valence-electron chi connectivity index (χ3n) is 3.28. The zero-order chi connectivity index (χ0) is 13.5. The molecule has 2 N–H and O–H groups in total. The van der Waals surface area contributed by atoms with Crippen LogP contribution in [-0.4, -0.2) is 17.1 Å². The SMILES string of the molecule is CCC(C)CC(C)NCc1cccc(C(=O)O)c1. The molecule has 0 saturated heterocycles. The van der Waals surface area contributed by atoms with Gasteiger partial charge in [-0.25, -0.2) is 4.79 Å². The van der Waals surface area contributed by atoms with Crippen molar-refractivity contribution in [2.45, 2.75) is 46.2 Å². The summed E-state index contributed by atoms with van der Waals surface area (Å²) in [7, 11) is 0. The van der Waals surface area contributed by atoms with Gasteiger partial charge in [0.05, 0.1) is 5.56 Å². The molecule has 1 rings (SSSR count). The molecule has 100 valence electrons. The molecule has 0 aromatic heterocycles. The van der Waals surface area contributed by atoms with Crippen LogP contribution in [0.15, 0.2) is 24.3 Å². The maximum atomic E-state index is 10.9. The van der Waals surface area contributed by atoms with E-state index >= 15 is 0 Å². The standard InChI is InChI=1S/C15H23NO2/c1-4-11(2)8-12(3)16-10-13-6-5-7-14(9-13)15(17)18/h5-7,9,11-12,16H,4,8,10H2,1-3H3,(H,17,18). The van der Waals surface area contributed by atoms with Crippen LogP contribution in [0, 0.1) is 5.92 Å². The molecule has 0 bridgehead atoms. The Morgan fingerprint density at radius 3 is 2.72 bits per heavy atom. The van der Waals surface area contributed by atoms with E-state index in [-0.39, 0.29) is 0 Å². The van der Waals surface area contributed by atoms with E-state index in [1.807, 2.05) is 6.07 Å². The molecule has 0 aliphatic rings. The first-order chi connectivity index (χ1) is 8.52. The second-order valence-electron chi connectivity index (χ2n) is 5.04. The lowest BCUT2D eigenvalue weighted by Gasteiger charge is -2.17. The van der Waals surface area contributed by atoms with Gasteiger partial charge in [0.1, 0.15) is 0 Å². The molecule has 1 aromatic carbocycles. The van der Waals surface area contributed by atoms with E-state index in [0.29, 0.717) is 11.6 Å². The fourth-order valence-electron chi connectivity index (χ4n) is 1.96. The van der Waals surface area contributed by atoms with Crippen molar-refractivity contribution in [3.63, 3.8) is 0 Å². The summed E-state index contributed by atoms with van der Waals surface area (Å²) in [6.07, 6.45) is 2.34. The lowest BCUT2D eigenvalue weighted by molar-refractivity contribution is 0.0696. The number of benzene rings is 1. The fraction of sp³-hybridized carbons (Fsp3) is 0.533. The molecule has 3 nitrogen and oxygen atoms in total. The first kappa shape index (κ1) is 14.7. The monoisotopic (exact) mass is 249 g/mol. The molecule has 0 saturated carbocycles. The number of aromatic carboxylic acids is 1. The molecule has 0 fully saturated rings. The predicted octanol–water partition coefficient (Wildman–Crippen LogP) is 3.30. The highest BCUT2D eigenvalue weighted by Crippen LogP contribution is 2.10. The quantitative estimate of drug-likeness (QED) is 0.779. The van der Waals surface area contributed by atoms with Crippen LogP contribution in [0.3, 0.4) is 0 Å². The molecule has 0 spiro atoms. The van der Waals surface area contributed by atoms with E-state index in [9.17, 15) is 4.79 Å². The van der Waals surface area contributed by atoms with Crippen molar-refractivity contribution in [3.05, 3.63) is 35.4 Å². The van der Waals surface area contributed by atoms with Gasteiger partial charge in [0.25, 0.3) is 0 Å². The van der Waals surface area contributed by atoms with Crippen molar-refractivity contribution in [1.29, 1.82) is 0 Å². The van der Waals surface area contributed by atoms with Crippen molar-refractivity contribution in [3.8, 4) is 0 Å². The molecule has 3 heteroatoms. The molecule has 18 heavy (non-hydrogen) atoms.